The molecule has 2 rings (SSSR count). The van der Waals surface area contributed by atoms with Crippen LogP contribution in [0.15, 0.2) is 6.07 Å². The van der Waals surface area contributed by atoms with Crippen molar-refractivity contribution in [3.05, 3.63) is 21.4 Å². The van der Waals surface area contributed by atoms with Gasteiger partial charge in [0.15, 0.2) is 0 Å². The van der Waals surface area contributed by atoms with Gasteiger partial charge in [0, 0.05) is 12.6 Å². The van der Waals surface area contributed by atoms with Crippen molar-refractivity contribution in [2.24, 2.45) is 5.92 Å². The molecule has 1 fully saturated rings. The Kier molecular flexibility index (Phi) is 4.85. The molecule has 0 aromatic carbocycles. The van der Waals surface area contributed by atoms with Crippen LogP contribution in [0.2, 0.25) is 0 Å². The Labute approximate surface area is 124 Å². The topological polar surface area (TPSA) is 40.5 Å². The monoisotopic (exact) mass is 291 g/mol. The summed E-state index contributed by atoms with van der Waals surface area (Å²) in [4.78, 5) is 16.3. The van der Waals surface area contributed by atoms with Crippen LogP contribution in [0.4, 0.5) is 0 Å². The second-order valence-electron chi connectivity index (χ2n) is 5.53. The lowest BCUT2D eigenvalue weighted by Gasteiger charge is -2.27. The van der Waals surface area contributed by atoms with Crippen LogP contribution >= 0.6 is 11.3 Å². The fraction of sp³-hybridized carbons (Fsp3) is 0.562. The van der Waals surface area contributed by atoms with Crippen LogP contribution in [0.5, 0.6) is 0 Å². The highest BCUT2D eigenvalue weighted by Crippen LogP contribution is 2.29. The number of aliphatic hydroxyl groups is 1. The number of nitrogens with zero attached hydrogens (tertiary/aromatic N) is 1. The van der Waals surface area contributed by atoms with Crippen LogP contribution in [0, 0.1) is 24.7 Å². The summed E-state index contributed by atoms with van der Waals surface area (Å²) >= 11 is 1.43. The SMILES string of the molecule is Cc1cc(C(=O)N2CCCC2C(C)C)sc1C#CCO. The molecular weight excluding hydrogens is 270 g/mol. The lowest BCUT2D eigenvalue weighted by molar-refractivity contribution is 0.0706. The van der Waals surface area contributed by atoms with Gasteiger partial charge in [-0.25, -0.2) is 0 Å². The van der Waals surface area contributed by atoms with Gasteiger partial charge in [-0.3, -0.25) is 4.79 Å². The molecular formula is C16H21NO2S. The third kappa shape index (κ3) is 3.05. The molecule has 1 aromatic rings. The Balaban J connectivity index is 2.21. The molecule has 1 saturated heterocycles. The third-order valence-corrected chi connectivity index (χ3v) is 4.88. The van der Waals surface area contributed by atoms with Crippen molar-refractivity contribution in [2.45, 2.75) is 39.7 Å². The van der Waals surface area contributed by atoms with E-state index in [1.807, 2.05) is 17.9 Å². The largest absolute Gasteiger partial charge is 0.384 e. The molecule has 0 bridgehead atoms. The Morgan fingerprint density at radius 1 is 1.60 bits per heavy atom. The highest BCUT2D eigenvalue weighted by molar-refractivity contribution is 7.14. The van der Waals surface area contributed by atoms with Crippen LogP contribution in [-0.2, 0) is 0 Å². The number of rotatable bonds is 2. The van der Waals surface area contributed by atoms with Gasteiger partial charge < -0.3 is 10.0 Å². The van der Waals surface area contributed by atoms with E-state index in [1.54, 1.807) is 0 Å². The first kappa shape index (κ1) is 15.1. The predicted octanol–water partition coefficient (Wildman–Crippen LogP) is 2.66. The summed E-state index contributed by atoms with van der Waals surface area (Å²) in [5.74, 6) is 6.18. The van der Waals surface area contributed by atoms with E-state index in [9.17, 15) is 4.79 Å². The van der Waals surface area contributed by atoms with E-state index >= 15 is 0 Å². The Morgan fingerprint density at radius 2 is 2.35 bits per heavy atom. The Bertz CT molecular complexity index is 551. The highest BCUT2D eigenvalue weighted by atomic mass is 32.1. The van der Waals surface area contributed by atoms with Crippen molar-refractivity contribution in [3.63, 3.8) is 0 Å². The van der Waals surface area contributed by atoms with E-state index in [-0.39, 0.29) is 12.5 Å². The minimum atomic E-state index is -0.151. The van der Waals surface area contributed by atoms with Gasteiger partial charge in [-0.15, -0.1) is 11.3 Å². The van der Waals surface area contributed by atoms with Crippen LogP contribution in [0.1, 0.15) is 46.8 Å². The third-order valence-electron chi connectivity index (χ3n) is 3.74. The lowest BCUT2D eigenvalue weighted by atomic mass is 10.0. The summed E-state index contributed by atoms with van der Waals surface area (Å²) < 4.78 is 0. The highest BCUT2D eigenvalue weighted by Gasteiger charge is 2.32. The summed E-state index contributed by atoms with van der Waals surface area (Å²) in [5.41, 5.74) is 1.01. The minimum absolute atomic E-state index is 0.131. The number of amides is 1. The Hall–Kier alpha value is -1.31. The van der Waals surface area contributed by atoms with Gasteiger partial charge in [0.05, 0.1) is 9.75 Å². The maximum absolute atomic E-state index is 12.6. The smallest absolute Gasteiger partial charge is 0.264 e. The number of aryl methyl sites for hydroxylation is 1. The van der Waals surface area contributed by atoms with Crippen LogP contribution < -0.4 is 0 Å². The van der Waals surface area contributed by atoms with Gasteiger partial charge >= 0.3 is 0 Å². The number of thiophene rings is 1. The summed E-state index contributed by atoms with van der Waals surface area (Å²) in [5, 5.41) is 8.76. The first-order valence-corrected chi connectivity index (χ1v) is 7.87. The molecule has 1 atom stereocenters. The standard InChI is InChI=1S/C16H21NO2S/c1-11(2)13-6-4-8-17(13)16(19)15-10-12(3)14(20-15)7-5-9-18/h10-11,13,18H,4,6,8-9H2,1-3H3. The van der Waals surface area contributed by atoms with Gasteiger partial charge in [-0.2, -0.15) is 0 Å². The maximum atomic E-state index is 12.6. The van der Waals surface area contributed by atoms with E-state index < -0.39 is 0 Å². The Morgan fingerprint density at radius 3 is 3.00 bits per heavy atom. The van der Waals surface area contributed by atoms with Crippen molar-refractivity contribution >= 4 is 17.2 Å². The molecule has 0 saturated carbocycles. The normalized spacial score (nSPS) is 18.2. The van der Waals surface area contributed by atoms with E-state index in [1.165, 1.54) is 11.3 Å². The average molecular weight is 291 g/mol. The molecule has 0 aliphatic carbocycles. The van der Waals surface area contributed by atoms with E-state index in [4.69, 9.17) is 5.11 Å². The van der Waals surface area contributed by atoms with Crippen molar-refractivity contribution in [2.75, 3.05) is 13.2 Å². The van der Waals surface area contributed by atoms with Gasteiger partial charge in [0.25, 0.3) is 5.91 Å². The zero-order chi connectivity index (χ0) is 14.7. The molecule has 1 amide bonds. The minimum Gasteiger partial charge on any atom is -0.384 e. The number of likely N-dealkylation sites (tertiary alicyclic amines) is 1. The van der Waals surface area contributed by atoms with Gasteiger partial charge in [0.1, 0.15) is 6.61 Å². The molecule has 4 heteroatoms. The van der Waals surface area contributed by atoms with Crippen LogP contribution in [-0.4, -0.2) is 35.1 Å². The first-order chi connectivity index (χ1) is 9.54. The van der Waals surface area contributed by atoms with Gasteiger partial charge in [0.2, 0.25) is 0 Å². The molecule has 20 heavy (non-hydrogen) atoms. The summed E-state index contributed by atoms with van der Waals surface area (Å²) in [6.07, 6.45) is 2.20. The number of aliphatic hydroxyl groups excluding tert-OH is 1. The van der Waals surface area contributed by atoms with Crippen molar-refractivity contribution in [3.8, 4) is 11.8 Å². The molecule has 2 heterocycles. The molecule has 0 radical (unpaired) electrons. The van der Waals surface area contributed by atoms with E-state index in [0.29, 0.717) is 12.0 Å². The molecule has 0 spiro atoms. The number of hydrogen-bond donors (Lipinski definition) is 1. The fourth-order valence-corrected chi connectivity index (χ4v) is 3.71. The average Bonchev–Trinajstić information content (AvgIpc) is 3.02. The fourth-order valence-electron chi connectivity index (χ4n) is 2.71. The van der Waals surface area contributed by atoms with Gasteiger partial charge in [-0.05, 0) is 37.3 Å². The van der Waals surface area contributed by atoms with Crippen LogP contribution in [0.25, 0.3) is 0 Å². The number of hydrogen-bond acceptors (Lipinski definition) is 3. The second kappa shape index (κ2) is 6.43. The maximum Gasteiger partial charge on any atom is 0.264 e. The van der Waals surface area contributed by atoms with Crippen LogP contribution in [0.3, 0.4) is 0 Å². The van der Waals surface area contributed by atoms with Crippen molar-refractivity contribution < 1.29 is 9.90 Å². The van der Waals surface area contributed by atoms with E-state index in [2.05, 4.69) is 25.7 Å². The summed E-state index contributed by atoms with van der Waals surface area (Å²) in [7, 11) is 0. The second-order valence-corrected chi connectivity index (χ2v) is 6.59. The predicted molar refractivity (Wildman–Crippen MR) is 81.9 cm³/mol. The molecule has 1 aliphatic rings. The zero-order valence-electron chi connectivity index (χ0n) is 12.3. The molecule has 108 valence electrons. The quantitative estimate of drug-likeness (QED) is 0.851. The number of carbonyl (C=O) groups excluding carboxylic acids is 1. The molecule has 1 unspecified atom stereocenters. The summed E-state index contributed by atoms with van der Waals surface area (Å²) in [6, 6.07) is 2.28. The van der Waals surface area contributed by atoms with Gasteiger partial charge in [-0.1, -0.05) is 25.7 Å². The van der Waals surface area contributed by atoms with E-state index in [0.717, 1.165) is 34.7 Å². The lowest BCUT2D eigenvalue weighted by Crippen LogP contribution is -2.38. The zero-order valence-corrected chi connectivity index (χ0v) is 13.1. The molecule has 1 aliphatic heterocycles. The molecule has 1 aromatic heterocycles. The molecule has 3 nitrogen and oxygen atoms in total. The van der Waals surface area contributed by atoms with Crippen molar-refractivity contribution in [1.29, 1.82) is 0 Å². The number of carbonyl (C=O) groups is 1. The van der Waals surface area contributed by atoms with Crippen molar-refractivity contribution in [1.82, 2.24) is 4.90 Å². The molecule has 1 N–H and O–H groups in total. The first-order valence-electron chi connectivity index (χ1n) is 7.05. The summed E-state index contributed by atoms with van der Waals surface area (Å²) in [6.45, 7) is 7.01.